The summed E-state index contributed by atoms with van der Waals surface area (Å²) in [5.41, 5.74) is 0.408. The van der Waals surface area contributed by atoms with Gasteiger partial charge in [0.25, 0.3) is 5.91 Å². The minimum absolute atomic E-state index is 0.0959. The zero-order valence-corrected chi connectivity index (χ0v) is 12.1. The van der Waals surface area contributed by atoms with Crippen LogP contribution in [0.15, 0.2) is 10.6 Å². The smallest absolute Gasteiger partial charge is 0.273 e. The van der Waals surface area contributed by atoms with Gasteiger partial charge in [-0.15, -0.1) is 0 Å². The molecular formula is C15H24N2O2. The van der Waals surface area contributed by atoms with Gasteiger partial charge in [-0.2, -0.15) is 0 Å². The summed E-state index contributed by atoms with van der Waals surface area (Å²) in [6.45, 7) is 6.48. The van der Waals surface area contributed by atoms with Crippen LogP contribution in [0.4, 0.5) is 0 Å². The average molecular weight is 264 g/mol. The molecule has 0 saturated heterocycles. The highest BCUT2D eigenvalue weighted by Crippen LogP contribution is 2.31. The molecule has 1 aromatic rings. The van der Waals surface area contributed by atoms with Crippen LogP contribution in [0.5, 0.6) is 0 Å². The van der Waals surface area contributed by atoms with Gasteiger partial charge in [0.05, 0.1) is 0 Å². The van der Waals surface area contributed by atoms with Crippen LogP contribution in [-0.2, 0) is 6.42 Å². The van der Waals surface area contributed by atoms with Crippen molar-refractivity contribution in [2.45, 2.75) is 58.9 Å². The molecule has 1 saturated carbocycles. The molecule has 1 unspecified atom stereocenters. The van der Waals surface area contributed by atoms with E-state index >= 15 is 0 Å². The maximum atomic E-state index is 12.2. The van der Waals surface area contributed by atoms with Gasteiger partial charge in [0, 0.05) is 18.5 Å². The molecule has 3 atom stereocenters. The van der Waals surface area contributed by atoms with Gasteiger partial charge in [-0.05, 0) is 31.1 Å². The fourth-order valence-corrected chi connectivity index (χ4v) is 2.97. The Hall–Kier alpha value is -1.32. The molecule has 0 aliphatic heterocycles. The number of carbonyl (C=O) groups is 1. The first-order valence-electron chi connectivity index (χ1n) is 7.40. The first-order valence-corrected chi connectivity index (χ1v) is 7.40. The highest BCUT2D eigenvalue weighted by atomic mass is 16.5. The number of aryl methyl sites for hydroxylation is 1. The van der Waals surface area contributed by atoms with Crippen molar-refractivity contribution in [3.63, 3.8) is 0 Å². The fraction of sp³-hybridized carbons (Fsp3) is 0.733. The van der Waals surface area contributed by atoms with Gasteiger partial charge in [-0.3, -0.25) is 4.79 Å². The first kappa shape index (κ1) is 14.1. The molecule has 1 aliphatic rings. The van der Waals surface area contributed by atoms with Gasteiger partial charge in [0.15, 0.2) is 5.69 Å². The number of hydrogen-bond acceptors (Lipinski definition) is 3. The van der Waals surface area contributed by atoms with E-state index in [0.29, 0.717) is 11.6 Å². The van der Waals surface area contributed by atoms with Crippen molar-refractivity contribution in [2.75, 3.05) is 0 Å². The first-order chi connectivity index (χ1) is 9.13. The van der Waals surface area contributed by atoms with Crippen LogP contribution < -0.4 is 5.32 Å². The third kappa shape index (κ3) is 3.37. The molecule has 4 heteroatoms. The van der Waals surface area contributed by atoms with E-state index in [0.717, 1.165) is 30.9 Å². The SMILES string of the molecule is CCc1cc(C(=O)N[C@H]2CCC(C)C[C@H]2CC)no1. The number of hydrogen-bond donors (Lipinski definition) is 1. The highest BCUT2D eigenvalue weighted by Gasteiger charge is 2.29. The molecular weight excluding hydrogens is 240 g/mol. The van der Waals surface area contributed by atoms with Gasteiger partial charge >= 0.3 is 0 Å². The van der Waals surface area contributed by atoms with Crippen molar-refractivity contribution >= 4 is 5.91 Å². The molecule has 0 aromatic carbocycles. The number of carbonyl (C=O) groups excluding carboxylic acids is 1. The summed E-state index contributed by atoms with van der Waals surface area (Å²) in [5, 5.41) is 6.96. The third-order valence-corrected chi connectivity index (χ3v) is 4.23. The second-order valence-corrected chi connectivity index (χ2v) is 5.70. The van der Waals surface area contributed by atoms with Crippen molar-refractivity contribution in [2.24, 2.45) is 11.8 Å². The largest absolute Gasteiger partial charge is 0.361 e. The van der Waals surface area contributed by atoms with E-state index in [1.54, 1.807) is 6.07 Å². The summed E-state index contributed by atoms with van der Waals surface area (Å²) in [5.74, 6) is 2.03. The monoisotopic (exact) mass is 264 g/mol. The van der Waals surface area contributed by atoms with Gasteiger partial charge in [0.1, 0.15) is 5.76 Å². The van der Waals surface area contributed by atoms with E-state index in [2.05, 4.69) is 24.3 Å². The van der Waals surface area contributed by atoms with Crippen molar-refractivity contribution < 1.29 is 9.32 Å². The standard InChI is InChI=1S/C15H24N2O2/c1-4-11-8-10(3)6-7-13(11)16-15(18)14-9-12(5-2)19-17-14/h9-11,13H,4-8H2,1-3H3,(H,16,18)/t10?,11-,13+/m1/s1. The molecule has 1 aliphatic carbocycles. The zero-order valence-electron chi connectivity index (χ0n) is 12.1. The van der Waals surface area contributed by atoms with E-state index in [1.807, 2.05) is 6.92 Å². The number of aromatic nitrogens is 1. The Kier molecular flexibility index (Phi) is 4.61. The molecule has 106 valence electrons. The van der Waals surface area contributed by atoms with Gasteiger partial charge in [-0.1, -0.05) is 32.3 Å². The summed E-state index contributed by atoms with van der Waals surface area (Å²) < 4.78 is 5.08. The summed E-state index contributed by atoms with van der Waals surface area (Å²) in [6, 6.07) is 2.03. The van der Waals surface area contributed by atoms with E-state index in [-0.39, 0.29) is 11.9 Å². The van der Waals surface area contributed by atoms with Crippen molar-refractivity contribution in [1.29, 1.82) is 0 Å². The molecule has 1 N–H and O–H groups in total. The predicted molar refractivity (Wildman–Crippen MR) is 73.9 cm³/mol. The average Bonchev–Trinajstić information content (AvgIpc) is 2.89. The van der Waals surface area contributed by atoms with Crippen LogP contribution in [0.25, 0.3) is 0 Å². The lowest BCUT2D eigenvalue weighted by Gasteiger charge is -2.34. The van der Waals surface area contributed by atoms with E-state index in [4.69, 9.17) is 4.52 Å². The maximum Gasteiger partial charge on any atom is 0.273 e. The molecule has 1 amide bonds. The number of amides is 1. The molecule has 0 radical (unpaired) electrons. The summed E-state index contributed by atoms with van der Waals surface area (Å²) in [6.07, 6.45) is 5.36. The van der Waals surface area contributed by atoms with Crippen molar-refractivity contribution in [3.8, 4) is 0 Å². The predicted octanol–water partition coefficient (Wildman–Crippen LogP) is 3.18. The minimum atomic E-state index is -0.0959. The van der Waals surface area contributed by atoms with Crippen LogP contribution in [0.3, 0.4) is 0 Å². The van der Waals surface area contributed by atoms with Crippen LogP contribution in [0.2, 0.25) is 0 Å². The second-order valence-electron chi connectivity index (χ2n) is 5.70. The lowest BCUT2D eigenvalue weighted by molar-refractivity contribution is 0.0882. The molecule has 1 heterocycles. The van der Waals surface area contributed by atoms with Gasteiger partial charge < -0.3 is 9.84 Å². The van der Waals surface area contributed by atoms with Crippen LogP contribution >= 0.6 is 0 Å². The van der Waals surface area contributed by atoms with E-state index in [9.17, 15) is 4.79 Å². The highest BCUT2D eigenvalue weighted by molar-refractivity contribution is 5.92. The van der Waals surface area contributed by atoms with Crippen molar-refractivity contribution in [3.05, 3.63) is 17.5 Å². The minimum Gasteiger partial charge on any atom is -0.361 e. The quantitative estimate of drug-likeness (QED) is 0.908. The van der Waals surface area contributed by atoms with E-state index < -0.39 is 0 Å². The van der Waals surface area contributed by atoms with Gasteiger partial charge in [-0.25, -0.2) is 0 Å². The Balaban J connectivity index is 1.97. The van der Waals surface area contributed by atoms with Crippen LogP contribution in [0, 0.1) is 11.8 Å². The molecule has 2 rings (SSSR count). The van der Waals surface area contributed by atoms with Gasteiger partial charge in [0.2, 0.25) is 0 Å². The van der Waals surface area contributed by atoms with Crippen LogP contribution in [0.1, 0.15) is 62.7 Å². The molecule has 1 fully saturated rings. The van der Waals surface area contributed by atoms with Crippen molar-refractivity contribution in [1.82, 2.24) is 10.5 Å². The Morgan fingerprint density at radius 2 is 2.26 bits per heavy atom. The lowest BCUT2D eigenvalue weighted by atomic mass is 9.77. The normalized spacial score (nSPS) is 27.2. The number of nitrogens with one attached hydrogen (secondary N) is 1. The van der Waals surface area contributed by atoms with E-state index in [1.165, 1.54) is 12.8 Å². The second kappa shape index (κ2) is 6.22. The third-order valence-electron chi connectivity index (χ3n) is 4.23. The Labute approximate surface area is 114 Å². The van der Waals surface area contributed by atoms with Crippen LogP contribution in [-0.4, -0.2) is 17.1 Å². The molecule has 19 heavy (non-hydrogen) atoms. The Morgan fingerprint density at radius 3 is 2.89 bits per heavy atom. The zero-order chi connectivity index (χ0) is 13.8. The Bertz CT molecular complexity index is 428. The molecule has 0 bridgehead atoms. The fourth-order valence-electron chi connectivity index (χ4n) is 2.97. The summed E-state index contributed by atoms with van der Waals surface area (Å²) >= 11 is 0. The number of nitrogens with zero attached hydrogens (tertiary/aromatic N) is 1. The molecule has 0 spiro atoms. The molecule has 4 nitrogen and oxygen atoms in total. The molecule has 1 aromatic heterocycles. The summed E-state index contributed by atoms with van der Waals surface area (Å²) in [7, 11) is 0. The Morgan fingerprint density at radius 1 is 1.47 bits per heavy atom. The topological polar surface area (TPSA) is 55.1 Å². The summed E-state index contributed by atoms with van der Waals surface area (Å²) in [4.78, 5) is 12.2. The number of rotatable bonds is 4. The maximum absolute atomic E-state index is 12.2. The lowest BCUT2D eigenvalue weighted by Crippen LogP contribution is -2.43.